The van der Waals surface area contributed by atoms with E-state index in [9.17, 15) is 14.4 Å². The zero-order chi connectivity index (χ0) is 26.8. The van der Waals surface area contributed by atoms with Gasteiger partial charge in [-0.05, 0) is 68.7 Å². The maximum atomic E-state index is 14.3. The van der Waals surface area contributed by atoms with Crippen LogP contribution in [0, 0.1) is 11.8 Å². The maximum Gasteiger partial charge on any atom is 0.240 e. The van der Waals surface area contributed by atoms with Gasteiger partial charge in [-0.25, -0.2) is 4.90 Å². The molecule has 3 heterocycles. The third kappa shape index (κ3) is 3.49. The summed E-state index contributed by atoms with van der Waals surface area (Å²) in [5.74, 6) is -1.71. The quantitative estimate of drug-likeness (QED) is 0.223. The van der Waals surface area contributed by atoms with Crippen LogP contribution in [0.25, 0.3) is 16.8 Å². The lowest BCUT2D eigenvalue weighted by molar-refractivity contribution is -0.122. The average molecular weight is 579 g/mol. The molecule has 2 fully saturated rings. The van der Waals surface area contributed by atoms with E-state index in [2.05, 4.69) is 15.9 Å². The molecule has 6 nitrogen and oxygen atoms in total. The summed E-state index contributed by atoms with van der Waals surface area (Å²) in [5.41, 5.74) is 2.78. The molecule has 0 N–H and O–H groups in total. The van der Waals surface area contributed by atoms with E-state index in [1.165, 1.54) is 4.90 Å². The van der Waals surface area contributed by atoms with Crippen LogP contribution in [0.2, 0.25) is 0 Å². The second kappa shape index (κ2) is 8.92. The van der Waals surface area contributed by atoms with Gasteiger partial charge in [-0.3, -0.25) is 14.4 Å². The Hall–Kier alpha value is -4.23. The molecule has 0 aromatic heterocycles. The number of benzene rings is 4. The molecule has 7 heteroatoms. The van der Waals surface area contributed by atoms with Gasteiger partial charge in [-0.1, -0.05) is 60.7 Å². The highest BCUT2D eigenvalue weighted by Gasteiger charge is 2.64. The summed E-state index contributed by atoms with van der Waals surface area (Å²) in [6.45, 7) is 0. The molecule has 192 valence electrons. The van der Waals surface area contributed by atoms with Crippen molar-refractivity contribution in [3.05, 3.63) is 107 Å². The zero-order valence-electron chi connectivity index (χ0n) is 21.0. The minimum absolute atomic E-state index is 0.206. The number of carbonyl (C=O) groups is 3. The van der Waals surface area contributed by atoms with Crippen LogP contribution in [-0.2, 0) is 9.59 Å². The number of Topliss-reactive ketones (excluding diaryl/α,β-unsaturated/α-hetero) is 1. The number of halogens is 1. The van der Waals surface area contributed by atoms with E-state index in [0.717, 1.165) is 22.0 Å². The molecule has 0 unspecified atom stereocenters. The van der Waals surface area contributed by atoms with Crippen LogP contribution in [0.3, 0.4) is 0 Å². The summed E-state index contributed by atoms with van der Waals surface area (Å²) < 4.78 is 5.99. The highest BCUT2D eigenvalue weighted by Crippen LogP contribution is 2.50. The molecule has 7 rings (SSSR count). The first-order chi connectivity index (χ1) is 19.0. The van der Waals surface area contributed by atoms with Crippen molar-refractivity contribution in [2.75, 3.05) is 16.9 Å². The van der Waals surface area contributed by atoms with E-state index in [4.69, 9.17) is 4.74 Å². The molecule has 4 aromatic carbocycles. The van der Waals surface area contributed by atoms with Gasteiger partial charge in [-0.2, -0.15) is 0 Å². The number of hydrogen-bond acceptors (Lipinski definition) is 5. The van der Waals surface area contributed by atoms with Gasteiger partial charge in [-0.15, -0.1) is 0 Å². The van der Waals surface area contributed by atoms with Gasteiger partial charge in [0.2, 0.25) is 11.8 Å². The van der Waals surface area contributed by atoms with Crippen molar-refractivity contribution in [3.8, 4) is 5.75 Å². The summed E-state index contributed by atoms with van der Waals surface area (Å²) in [5, 5.41) is 1.97. The third-order valence-corrected chi connectivity index (χ3v) is 8.73. The number of hydrogen-bond donors (Lipinski definition) is 0. The summed E-state index contributed by atoms with van der Waals surface area (Å²) in [6, 6.07) is 25.1. The van der Waals surface area contributed by atoms with Gasteiger partial charge in [0.05, 0.1) is 35.1 Å². The molecular weight excluding hydrogens is 556 g/mol. The van der Waals surface area contributed by atoms with Gasteiger partial charge < -0.3 is 9.64 Å². The standard InChI is InChI=1S/C32H23BrN2O4/c1-39-26-15-12-21(17-23(26)33)30(36)29-28-27(25-14-11-19-7-4-5-9-24(19)35(25)29)31(37)34(32(28)38)22-13-10-18-6-2-3-8-20(18)16-22/h2-17,25,27-29H,1H3/t25-,27-,28+,29-/m1/s1. The Morgan fingerprint density at radius 2 is 1.59 bits per heavy atom. The zero-order valence-corrected chi connectivity index (χ0v) is 22.5. The Morgan fingerprint density at radius 1 is 0.846 bits per heavy atom. The van der Waals surface area contributed by atoms with Gasteiger partial charge in [0.25, 0.3) is 0 Å². The minimum atomic E-state index is -0.840. The molecule has 3 aliphatic heterocycles. The Morgan fingerprint density at radius 3 is 2.38 bits per heavy atom. The lowest BCUT2D eigenvalue weighted by atomic mass is 9.86. The predicted octanol–water partition coefficient (Wildman–Crippen LogP) is 5.88. The number of methoxy groups -OCH3 is 1. The normalized spacial score (nSPS) is 23.1. The number of nitrogens with zero attached hydrogens (tertiary/aromatic N) is 2. The van der Waals surface area contributed by atoms with Crippen molar-refractivity contribution < 1.29 is 19.1 Å². The van der Waals surface area contributed by atoms with E-state index in [-0.39, 0.29) is 17.6 Å². The van der Waals surface area contributed by atoms with Crippen molar-refractivity contribution >= 4 is 61.8 Å². The average Bonchev–Trinajstić information content (AvgIpc) is 3.44. The number of ether oxygens (including phenoxy) is 1. The number of fused-ring (bicyclic) bond motifs is 6. The molecule has 4 aromatic rings. The molecule has 2 amide bonds. The molecule has 0 bridgehead atoms. The van der Waals surface area contributed by atoms with Crippen LogP contribution >= 0.6 is 15.9 Å². The predicted molar refractivity (Wildman–Crippen MR) is 154 cm³/mol. The van der Waals surface area contributed by atoms with Crippen molar-refractivity contribution in [1.82, 2.24) is 0 Å². The van der Waals surface area contributed by atoms with Crippen LogP contribution in [0.5, 0.6) is 5.75 Å². The third-order valence-electron chi connectivity index (χ3n) is 8.11. The highest BCUT2D eigenvalue weighted by atomic mass is 79.9. The first-order valence-corrected chi connectivity index (χ1v) is 13.6. The van der Waals surface area contributed by atoms with E-state index >= 15 is 0 Å². The van der Waals surface area contributed by atoms with Crippen molar-refractivity contribution in [3.63, 3.8) is 0 Å². The lowest BCUT2D eigenvalue weighted by Crippen LogP contribution is -2.48. The monoisotopic (exact) mass is 578 g/mol. The summed E-state index contributed by atoms with van der Waals surface area (Å²) in [4.78, 5) is 45.8. The molecule has 0 radical (unpaired) electrons. The van der Waals surface area contributed by atoms with Crippen LogP contribution < -0.4 is 14.5 Å². The number of rotatable bonds is 4. The van der Waals surface area contributed by atoms with E-state index in [1.54, 1.807) is 31.4 Å². The van der Waals surface area contributed by atoms with Crippen molar-refractivity contribution in [2.24, 2.45) is 11.8 Å². The fourth-order valence-corrected chi connectivity index (χ4v) is 6.91. The van der Waals surface area contributed by atoms with Crippen LogP contribution in [-0.4, -0.2) is 36.8 Å². The van der Waals surface area contributed by atoms with Crippen LogP contribution in [0.15, 0.2) is 95.5 Å². The smallest absolute Gasteiger partial charge is 0.240 e. The minimum Gasteiger partial charge on any atom is -0.496 e. The van der Waals surface area contributed by atoms with E-state index in [1.807, 2.05) is 77.7 Å². The fraction of sp³-hybridized carbons (Fsp3) is 0.156. The Bertz CT molecular complexity index is 1730. The molecule has 0 saturated carbocycles. The van der Waals surface area contributed by atoms with Crippen LogP contribution in [0.1, 0.15) is 15.9 Å². The Labute approximate surface area is 233 Å². The Balaban J connectivity index is 1.36. The number of ketones is 1. The molecule has 0 aliphatic carbocycles. The first kappa shape index (κ1) is 23.9. The van der Waals surface area contributed by atoms with Crippen molar-refractivity contribution in [2.45, 2.75) is 12.1 Å². The first-order valence-electron chi connectivity index (χ1n) is 12.8. The SMILES string of the molecule is COc1ccc(C(=O)[C@H]2[C@H]3C(=O)N(c4ccc5ccccc5c4)C(=O)[C@@H]3[C@H]3C=Cc4ccccc4N32)cc1Br. The number of para-hydroxylation sites is 1. The van der Waals surface area contributed by atoms with Gasteiger partial charge in [0.1, 0.15) is 11.8 Å². The second-order valence-corrected chi connectivity index (χ2v) is 10.9. The molecule has 3 aliphatic rings. The van der Waals surface area contributed by atoms with Crippen LogP contribution in [0.4, 0.5) is 11.4 Å². The van der Waals surface area contributed by atoms with E-state index in [0.29, 0.717) is 21.5 Å². The number of carbonyl (C=O) groups excluding carboxylic acids is 3. The highest BCUT2D eigenvalue weighted by molar-refractivity contribution is 9.10. The largest absolute Gasteiger partial charge is 0.496 e. The topological polar surface area (TPSA) is 66.9 Å². The lowest BCUT2D eigenvalue weighted by Gasteiger charge is -2.36. The molecule has 2 saturated heterocycles. The van der Waals surface area contributed by atoms with E-state index < -0.39 is 23.9 Å². The maximum absolute atomic E-state index is 14.3. The summed E-state index contributed by atoms with van der Waals surface area (Å²) in [7, 11) is 1.56. The molecule has 4 atom stereocenters. The fourth-order valence-electron chi connectivity index (χ4n) is 6.37. The number of amides is 2. The molecular formula is C32H23BrN2O4. The Kier molecular flexibility index (Phi) is 5.45. The van der Waals surface area contributed by atoms with Gasteiger partial charge >= 0.3 is 0 Å². The molecule has 0 spiro atoms. The number of imide groups is 1. The second-order valence-electron chi connectivity index (χ2n) is 10.1. The van der Waals surface area contributed by atoms with Gasteiger partial charge in [0, 0.05) is 11.3 Å². The van der Waals surface area contributed by atoms with Gasteiger partial charge in [0.15, 0.2) is 5.78 Å². The molecule has 39 heavy (non-hydrogen) atoms. The summed E-state index contributed by atoms with van der Waals surface area (Å²) >= 11 is 3.49. The number of anilines is 2. The van der Waals surface area contributed by atoms with Crippen molar-refractivity contribution in [1.29, 1.82) is 0 Å². The summed E-state index contributed by atoms with van der Waals surface area (Å²) in [6.07, 6.45) is 3.95.